The highest BCUT2D eigenvalue weighted by Gasteiger charge is 2.32. The van der Waals surface area contributed by atoms with Gasteiger partial charge in [-0.1, -0.05) is 29.8 Å². The fourth-order valence-corrected chi connectivity index (χ4v) is 5.11. The minimum absolute atomic E-state index is 0.149. The molecule has 0 saturated heterocycles. The summed E-state index contributed by atoms with van der Waals surface area (Å²) in [6.45, 7) is 14.1. The molecule has 5 nitrogen and oxygen atoms in total. The van der Waals surface area contributed by atoms with E-state index >= 15 is 0 Å². The summed E-state index contributed by atoms with van der Waals surface area (Å²) in [5, 5.41) is 1.12. The Labute approximate surface area is 187 Å². The largest absolute Gasteiger partial charge is 0.460 e. The van der Waals surface area contributed by atoms with Crippen LogP contribution in [-0.2, 0) is 9.53 Å². The number of carbonyl (C=O) groups is 1. The molecule has 3 heterocycles. The lowest BCUT2D eigenvalue weighted by Gasteiger charge is -2.21. The van der Waals surface area contributed by atoms with Crippen molar-refractivity contribution < 1.29 is 9.53 Å². The van der Waals surface area contributed by atoms with Gasteiger partial charge in [-0.2, -0.15) is 0 Å². The van der Waals surface area contributed by atoms with Crippen LogP contribution in [0.5, 0.6) is 0 Å². The highest BCUT2D eigenvalue weighted by molar-refractivity contribution is 7.15. The Balaban J connectivity index is 1.91. The van der Waals surface area contributed by atoms with E-state index in [0.717, 1.165) is 33.4 Å². The van der Waals surface area contributed by atoms with Gasteiger partial charge in [0.2, 0.25) is 0 Å². The smallest absolute Gasteiger partial charge is 0.308 e. The van der Waals surface area contributed by atoms with Crippen LogP contribution in [0, 0.1) is 27.7 Å². The molecule has 1 atom stereocenters. The van der Waals surface area contributed by atoms with Crippen LogP contribution in [0.15, 0.2) is 35.5 Å². The molecule has 0 unspecified atom stereocenters. The van der Waals surface area contributed by atoms with Gasteiger partial charge in [-0.05, 0) is 54.0 Å². The number of esters is 1. The van der Waals surface area contributed by atoms with Gasteiger partial charge in [-0.25, -0.2) is 4.98 Å². The number of fused-ring (bicyclic) bond motifs is 3. The van der Waals surface area contributed by atoms with Gasteiger partial charge in [-0.3, -0.25) is 14.4 Å². The summed E-state index contributed by atoms with van der Waals surface area (Å²) >= 11 is 1.75. The van der Waals surface area contributed by atoms with Crippen molar-refractivity contribution in [1.29, 1.82) is 0 Å². The summed E-state index contributed by atoms with van der Waals surface area (Å²) in [6.07, 6.45) is 2.01. The maximum absolute atomic E-state index is 12.7. The summed E-state index contributed by atoms with van der Waals surface area (Å²) in [5.74, 6) is 0.517. The molecule has 0 bridgehead atoms. The van der Waals surface area contributed by atoms with Crippen LogP contribution in [-0.4, -0.2) is 26.8 Å². The summed E-state index contributed by atoms with van der Waals surface area (Å²) in [4.78, 5) is 23.8. The molecule has 2 aromatic heterocycles. The maximum Gasteiger partial charge on any atom is 0.308 e. The fourth-order valence-electron chi connectivity index (χ4n) is 3.89. The van der Waals surface area contributed by atoms with Crippen molar-refractivity contribution in [3.63, 3.8) is 0 Å². The number of aromatic nitrogens is 2. The van der Waals surface area contributed by atoms with Crippen molar-refractivity contribution in [3.8, 4) is 5.00 Å². The molecule has 0 saturated carbocycles. The van der Waals surface area contributed by atoms with E-state index in [-0.39, 0.29) is 12.4 Å². The molecule has 0 amide bonds. The first-order valence-corrected chi connectivity index (χ1v) is 11.4. The zero-order chi connectivity index (χ0) is 22.5. The minimum atomic E-state index is -0.539. The lowest BCUT2D eigenvalue weighted by Crippen LogP contribution is -2.25. The number of rotatable bonds is 3. The van der Waals surface area contributed by atoms with Crippen molar-refractivity contribution in [2.24, 2.45) is 4.99 Å². The van der Waals surface area contributed by atoms with E-state index in [4.69, 9.17) is 9.73 Å². The van der Waals surface area contributed by atoms with Crippen molar-refractivity contribution in [2.45, 2.75) is 66.5 Å². The third-order valence-corrected chi connectivity index (χ3v) is 6.65. The Hall–Kier alpha value is -2.73. The first kappa shape index (κ1) is 21.5. The van der Waals surface area contributed by atoms with Crippen molar-refractivity contribution in [2.75, 3.05) is 0 Å². The molecule has 4 rings (SSSR count). The van der Waals surface area contributed by atoms with E-state index in [0.29, 0.717) is 0 Å². The molecule has 1 aliphatic rings. The number of thiophene rings is 1. The van der Waals surface area contributed by atoms with E-state index in [1.807, 2.05) is 33.9 Å². The van der Waals surface area contributed by atoms with Gasteiger partial charge >= 0.3 is 5.97 Å². The molecule has 0 fully saturated rings. The second kappa shape index (κ2) is 7.75. The summed E-state index contributed by atoms with van der Waals surface area (Å²) < 4.78 is 7.78. The SMILES string of the molecule is Cc1ccc(C2=N[C@H](CC(=O)OC(C)(C)C)c3ncc(C)n3-c3sc(C)c(C)c32)cc1. The molecule has 31 heavy (non-hydrogen) atoms. The van der Waals surface area contributed by atoms with Gasteiger partial charge in [-0.15, -0.1) is 11.3 Å². The number of ether oxygens (including phenoxy) is 1. The Morgan fingerprint density at radius 2 is 1.81 bits per heavy atom. The fraction of sp³-hybridized carbons (Fsp3) is 0.400. The lowest BCUT2D eigenvalue weighted by molar-refractivity contribution is -0.155. The van der Waals surface area contributed by atoms with E-state index in [1.165, 1.54) is 16.0 Å². The predicted octanol–water partition coefficient (Wildman–Crippen LogP) is 5.79. The van der Waals surface area contributed by atoms with Gasteiger partial charge < -0.3 is 4.74 Å². The minimum Gasteiger partial charge on any atom is -0.460 e. The number of imidazole rings is 1. The molecular weight excluding hydrogens is 406 g/mol. The number of carbonyl (C=O) groups excluding carboxylic acids is 1. The van der Waals surface area contributed by atoms with Gasteiger partial charge in [0.25, 0.3) is 0 Å². The number of hydrogen-bond donors (Lipinski definition) is 0. The van der Waals surface area contributed by atoms with Gasteiger partial charge in [0, 0.05) is 27.9 Å². The maximum atomic E-state index is 12.7. The molecule has 1 aliphatic heterocycles. The molecule has 0 N–H and O–H groups in total. The van der Waals surface area contributed by atoms with E-state index < -0.39 is 11.6 Å². The first-order chi connectivity index (χ1) is 14.5. The molecular formula is C25H29N3O2S. The molecule has 1 aromatic carbocycles. The van der Waals surface area contributed by atoms with Gasteiger partial charge in [0.05, 0.1) is 12.1 Å². The predicted molar refractivity (Wildman–Crippen MR) is 126 cm³/mol. The van der Waals surface area contributed by atoms with Crippen LogP contribution in [0.1, 0.15) is 71.9 Å². The molecule has 3 aromatic rings. The highest BCUT2D eigenvalue weighted by Crippen LogP contribution is 2.40. The third kappa shape index (κ3) is 4.09. The number of benzene rings is 1. The summed E-state index contributed by atoms with van der Waals surface area (Å²) in [6, 6.07) is 8.00. The number of hydrogen-bond acceptors (Lipinski definition) is 5. The quantitative estimate of drug-likeness (QED) is 0.489. The summed E-state index contributed by atoms with van der Waals surface area (Å²) in [5.41, 5.74) is 6.00. The number of aliphatic imine (C=N–C) groups is 1. The third-order valence-electron chi connectivity index (χ3n) is 5.46. The Morgan fingerprint density at radius 3 is 2.45 bits per heavy atom. The van der Waals surface area contributed by atoms with Crippen LogP contribution in [0.25, 0.3) is 5.00 Å². The van der Waals surface area contributed by atoms with Crippen LogP contribution in [0.4, 0.5) is 0 Å². The average molecular weight is 436 g/mol. The number of nitrogens with zero attached hydrogens (tertiary/aromatic N) is 3. The Morgan fingerprint density at radius 1 is 1.13 bits per heavy atom. The second-order valence-corrected chi connectivity index (χ2v) is 10.4. The standard InChI is InChI=1S/C25H29N3O2S/c1-14-8-10-18(11-9-14)22-21-16(3)17(4)31-24(21)28-15(2)13-26-23(28)19(27-22)12-20(29)30-25(5,6)7/h8-11,13,19H,12H2,1-7H3/t19-/m1/s1. The van der Waals surface area contributed by atoms with Crippen molar-refractivity contribution in [1.82, 2.24) is 9.55 Å². The molecule has 0 radical (unpaired) electrons. The van der Waals surface area contributed by atoms with Crippen molar-refractivity contribution in [3.05, 3.63) is 69.1 Å². The normalized spacial score (nSPS) is 15.7. The second-order valence-electron chi connectivity index (χ2n) is 9.21. The molecule has 0 aliphatic carbocycles. The topological polar surface area (TPSA) is 56.5 Å². The lowest BCUT2D eigenvalue weighted by atomic mass is 9.99. The van der Waals surface area contributed by atoms with Crippen LogP contribution in [0.3, 0.4) is 0 Å². The first-order valence-electron chi connectivity index (χ1n) is 10.6. The zero-order valence-corrected chi connectivity index (χ0v) is 20.1. The highest BCUT2D eigenvalue weighted by atomic mass is 32.1. The van der Waals surface area contributed by atoms with E-state index in [1.54, 1.807) is 11.3 Å². The van der Waals surface area contributed by atoms with E-state index in [9.17, 15) is 4.79 Å². The van der Waals surface area contributed by atoms with Crippen LogP contribution in [0.2, 0.25) is 0 Å². The van der Waals surface area contributed by atoms with Crippen molar-refractivity contribution >= 4 is 23.0 Å². The average Bonchev–Trinajstić information content (AvgIpc) is 3.14. The Bertz CT molecular complexity index is 1180. The molecule has 162 valence electrons. The Kier molecular flexibility index (Phi) is 5.38. The number of aryl methyl sites for hydroxylation is 3. The van der Waals surface area contributed by atoms with E-state index in [2.05, 4.69) is 54.6 Å². The van der Waals surface area contributed by atoms with Crippen LogP contribution < -0.4 is 0 Å². The molecule has 0 spiro atoms. The summed E-state index contributed by atoms with van der Waals surface area (Å²) in [7, 11) is 0. The zero-order valence-electron chi connectivity index (χ0n) is 19.2. The van der Waals surface area contributed by atoms with Gasteiger partial charge in [0.1, 0.15) is 22.5 Å². The monoisotopic (exact) mass is 435 g/mol. The molecule has 6 heteroatoms. The van der Waals surface area contributed by atoms with Gasteiger partial charge in [0.15, 0.2) is 0 Å². The van der Waals surface area contributed by atoms with Crippen LogP contribution >= 0.6 is 11.3 Å².